The Balaban J connectivity index is 1.47. The van der Waals surface area contributed by atoms with Crippen LogP contribution in [0.15, 0.2) is 30.9 Å². The number of rotatable bonds is 5. The zero-order valence-corrected chi connectivity index (χ0v) is 17.2. The molecule has 1 fully saturated rings. The maximum absolute atomic E-state index is 12.8. The van der Waals surface area contributed by atoms with Gasteiger partial charge < -0.3 is 9.80 Å². The van der Waals surface area contributed by atoms with Crippen LogP contribution in [0.3, 0.4) is 0 Å². The molecule has 0 spiro atoms. The first-order valence-corrected chi connectivity index (χ1v) is 10.3. The molecule has 1 aliphatic heterocycles. The summed E-state index contributed by atoms with van der Waals surface area (Å²) in [5, 5.41) is 3.46. The first-order chi connectivity index (χ1) is 14.1. The van der Waals surface area contributed by atoms with E-state index in [1.54, 1.807) is 31.7 Å². The van der Waals surface area contributed by atoms with Crippen molar-refractivity contribution in [3.63, 3.8) is 0 Å². The highest BCUT2D eigenvalue weighted by molar-refractivity contribution is 7.17. The van der Waals surface area contributed by atoms with E-state index in [0.717, 1.165) is 38.5 Å². The van der Waals surface area contributed by atoms with Crippen LogP contribution in [-0.4, -0.2) is 68.5 Å². The molecule has 0 atom stereocenters. The van der Waals surface area contributed by atoms with Gasteiger partial charge in [0.15, 0.2) is 0 Å². The molecule has 0 radical (unpaired) electrons. The van der Waals surface area contributed by atoms with Crippen molar-refractivity contribution < 1.29 is 4.79 Å². The zero-order valence-electron chi connectivity index (χ0n) is 16.4. The van der Waals surface area contributed by atoms with Gasteiger partial charge in [-0.2, -0.15) is 4.98 Å². The fourth-order valence-corrected chi connectivity index (χ4v) is 4.09. The number of likely N-dealkylation sites (N-methyl/N-ethyl adjacent to an activating group) is 1. The minimum Gasteiger partial charge on any atom is -0.354 e. The lowest BCUT2D eigenvalue weighted by Crippen LogP contribution is -2.46. The number of aromatic nitrogens is 5. The highest BCUT2D eigenvalue weighted by Gasteiger charge is 2.20. The van der Waals surface area contributed by atoms with Gasteiger partial charge in [-0.1, -0.05) is 6.92 Å². The molecule has 4 heterocycles. The lowest BCUT2D eigenvalue weighted by molar-refractivity contribution is 0.102. The average Bonchev–Trinajstić information content (AvgIpc) is 3.16. The van der Waals surface area contributed by atoms with Gasteiger partial charge in [-0.15, -0.1) is 11.3 Å². The molecule has 150 valence electrons. The van der Waals surface area contributed by atoms with E-state index in [-0.39, 0.29) is 5.91 Å². The number of piperazine rings is 1. The highest BCUT2D eigenvalue weighted by atomic mass is 32.1. The molecule has 3 aromatic heterocycles. The Labute approximate surface area is 172 Å². The number of nitrogens with one attached hydrogen (secondary N) is 1. The summed E-state index contributed by atoms with van der Waals surface area (Å²) < 4.78 is 0. The van der Waals surface area contributed by atoms with Crippen LogP contribution in [0.1, 0.15) is 22.3 Å². The largest absolute Gasteiger partial charge is 0.354 e. The van der Waals surface area contributed by atoms with Gasteiger partial charge >= 0.3 is 0 Å². The summed E-state index contributed by atoms with van der Waals surface area (Å²) >= 11 is 1.28. The quantitative estimate of drug-likeness (QED) is 0.683. The first kappa shape index (κ1) is 19.3. The Kier molecular flexibility index (Phi) is 5.72. The van der Waals surface area contributed by atoms with Crippen LogP contribution in [-0.2, 0) is 0 Å². The van der Waals surface area contributed by atoms with E-state index in [9.17, 15) is 4.79 Å². The molecule has 0 bridgehead atoms. The van der Waals surface area contributed by atoms with Gasteiger partial charge in [0.1, 0.15) is 21.4 Å². The van der Waals surface area contributed by atoms with Gasteiger partial charge in [0.25, 0.3) is 5.91 Å². The summed E-state index contributed by atoms with van der Waals surface area (Å²) in [7, 11) is 0. The lowest BCUT2D eigenvalue weighted by Gasteiger charge is -2.34. The van der Waals surface area contributed by atoms with Gasteiger partial charge in [-0.25, -0.2) is 9.97 Å². The predicted octanol–water partition coefficient (Wildman–Crippen LogP) is 2.09. The lowest BCUT2D eigenvalue weighted by atomic mass is 10.3. The van der Waals surface area contributed by atoms with Crippen molar-refractivity contribution in [2.24, 2.45) is 0 Å². The summed E-state index contributed by atoms with van der Waals surface area (Å²) in [6, 6.07) is 1.88. The molecule has 29 heavy (non-hydrogen) atoms. The van der Waals surface area contributed by atoms with E-state index < -0.39 is 0 Å². The number of hydrogen-bond acceptors (Lipinski definition) is 9. The molecule has 1 aliphatic rings. The molecular formula is C19H22N8OS. The standard InChI is InChI=1S/C19H22N8OS/c1-3-26-8-10-27(11-9-26)15-4-5-22-19(24-15)25-17(28)16-13(2)23-18(29-16)14-12-20-6-7-21-14/h4-7,12H,3,8-11H2,1-2H3,(H,22,24,25,28). The van der Waals surface area contributed by atoms with Crippen molar-refractivity contribution in [3.8, 4) is 10.7 Å². The molecule has 3 aromatic rings. The number of nitrogens with zero attached hydrogens (tertiary/aromatic N) is 7. The van der Waals surface area contributed by atoms with E-state index in [1.807, 2.05) is 6.07 Å². The number of hydrogen-bond donors (Lipinski definition) is 1. The Morgan fingerprint density at radius 1 is 1.14 bits per heavy atom. The number of anilines is 2. The zero-order chi connectivity index (χ0) is 20.2. The SMILES string of the molecule is CCN1CCN(c2ccnc(NC(=O)c3sc(-c4cnccn4)nc3C)n2)CC1. The van der Waals surface area contributed by atoms with Crippen LogP contribution in [0, 0.1) is 6.92 Å². The van der Waals surface area contributed by atoms with Crippen molar-refractivity contribution >= 4 is 29.0 Å². The van der Waals surface area contributed by atoms with Crippen LogP contribution < -0.4 is 10.2 Å². The van der Waals surface area contributed by atoms with E-state index in [2.05, 4.69) is 47.0 Å². The fourth-order valence-electron chi connectivity index (χ4n) is 3.16. The van der Waals surface area contributed by atoms with Crippen molar-refractivity contribution in [2.45, 2.75) is 13.8 Å². The molecular weight excluding hydrogens is 388 g/mol. The Bertz CT molecular complexity index is 985. The second-order valence-corrected chi connectivity index (χ2v) is 7.64. The maximum atomic E-state index is 12.8. The first-order valence-electron chi connectivity index (χ1n) is 9.49. The highest BCUT2D eigenvalue weighted by Crippen LogP contribution is 2.26. The van der Waals surface area contributed by atoms with Gasteiger partial charge in [0.2, 0.25) is 5.95 Å². The van der Waals surface area contributed by atoms with Crippen molar-refractivity contribution in [2.75, 3.05) is 42.9 Å². The van der Waals surface area contributed by atoms with Crippen LogP contribution >= 0.6 is 11.3 Å². The molecule has 9 nitrogen and oxygen atoms in total. The molecule has 1 amide bonds. The van der Waals surface area contributed by atoms with Crippen LogP contribution in [0.5, 0.6) is 0 Å². The van der Waals surface area contributed by atoms with Gasteiger partial charge in [0, 0.05) is 44.8 Å². The van der Waals surface area contributed by atoms with Gasteiger partial charge in [-0.3, -0.25) is 20.1 Å². The normalized spacial score (nSPS) is 14.8. The van der Waals surface area contributed by atoms with Crippen LogP contribution in [0.2, 0.25) is 0 Å². The Hall–Kier alpha value is -2.98. The van der Waals surface area contributed by atoms with Crippen LogP contribution in [0.4, 0.5) is 11.8 Å². The van der Waals surface area contributed by atoms with Gasteiger partial charge in [-0.05, 0) is 19.5 Å². The van der Waals surface area contributed by atoms with Crippen molar-refractivity contribution in [1.29, 1.82) is 0 Å². The van der Waals surface area contributed by atoms with Crippen molar-refractivity contribution in [1.82, 2.24) is 29.8 Å². The predicted molar refractivity (Wildman–Crippen MR) is 112 cm³/mol. The maximum Gasteiger partial charge on any atom is 0.270 e. The summed E-state index contributed by atoms with van der Waals surface area (Å²) in [5.74, 6) is 0.842. The third kappa shape index (κ3) is 4.38. The Morgan fingerprint density at radius 3 is 2.69 bits per heavy atom. The smallest absolute Gasteiger partial charge is 0.270 e. The van der Waals surface area contributed by atoms with Gasteiger partial charge in [0.05, 0.1) is 11.9 Å². The average molecular weight is 411 g/mol. The van der Waals surface area contributed by atoms with Crippen molar-refractivity contribution in [3.05, 3.63) is 41.4 Å². The number of aryl methyl sites for hydroxylation is 1. The number of carbonyl (C=O) groups excluding carboxylic acids is 1. The minimum atomic E-state index is -0.275. The second kappa shape index (κ2) is 8.58. The number of thiazole rings is 1. The topological polar surface area (TPSA) is 100 Å². The summed E-state index contributed by atoms with van der Waals surface area (Å²) in [6.07, 6.45) is 6.51. The van der Waals surface area contributed by atoms with E-state index in [0.29, 0.717) is 27.2 Å². The van der Waals surface area contributed by atoms with E-state index in [4.69, 9.17) is 0 Å². The molecule has 1 N–H and O–H groups in total. The third-order valence-electron chi connectivity index (χ3n) is 4.79. The summed E-state index contributed by atoms with van der Waals surface area (Å²) in [5.41, 5.74) is 1.28. The molecule has 0 aromatic carbocycles. The number of amides is 1. The number of carbonyl (C=O) groups is 1. The van der Waals surface area contributed by atoms with Crippen LogP contribution in [0.25, 0.3) is 10.7 Å². The molecule has 0 saturated carbocycles. The third-order valence-corrected chi connectivity index (χ3v) is 5.97. The van der Waals surface area contributed by atoms with E-state index >= 15 is 0 Å². The summed E-state index contributed by atoms with van der Waals surface area (Å²) in [4.78, 5) is 39.4. The second-order valence-electron chi connectivity index (χ2n) is 6.64. The fraction of sp³-hybridized carbons (Fsp3) is 0.368. The molecule has 10 heteroatoms. The Morgan fingerprint density at radius 2 is 1.97 bits per heavy atom. The summed E-state index contributed by atoms with van der Waals surface area (Å²) in [6.45, 7) is 8.87. The molecule has 1 saturated heterocycles. The minimum absolute atomic E-state index is 0.275. The molecule has 0 aliphatic carbocycles. The van der Waals surface area contributed by atoms with E-state index in [1.165, 1.54) is 11.3 Å². The molecule has 0 unspecified atom stereocenters. The molecule has 4 rings (SSSR count). The monoisotopic (exact) mass is 410 g/mol.